The fourth-order valence-electron chi connectivity index (χ4n) is 3.54. The van der Waals surface area contributed by atoms with Crippen LogP contribution in [0.3, 0.4) is 0 Å². The van der Waals surface area contributed by atoms with Gasteiger partial charge in [-0.15, -0.1) is 0 Å². The van der Waals surface area contributed by atoms with E-state index >= 15 is 0 Å². The second kappa shape index (κ2) is 8.14. The predicted molar refractivity (Wildman–Crippen MR) is 111 cm³/mol. The van der Waals surface area contributed by atoms with Gasteiger partial charge in [0.25, 0.3) is 0 Å². The van der Waals surface area contributed by atoms with Crippen molar-refractivity contribution in [3.63, 3.8) is 0 Å². The van der Waals surface area contributed by atoms with Crippen LogP contribution in [-0.2, 0) is 5.54 Å². The molecule has 0 saturated heterocycles. The minimum Gasteiger partial charge on any atom is -0.493 e. The molecule has 0 bridgehead atoms. The number of nitrogens with one attached hydrogen (secondary N) is 2. The van der Waals surface area contributed by atoms with Crippen LogP contribution < -0.4 is 20.1 Å². The third kappa shape index (κ3) is 4.05. The SMILES string of the molecule is COc1ccc(C2(NC(=S)Nc3cccc(Cl)c3)CCCC2)cc1OC. The van der Waals surface area contributed by atoms with E-state index in [2.05, 4.69) is 16.7 Å². The second-order valence-electron chi connectivity index (χ2n) is 6.45. The fourth-order valence-corrected chi connectivity index (χ4v) is 4.05. The summed E-state index contributed by atoms with van der Waals surface area (Å²) in [5.74, 6) is 1.45. The summed E-state index contributed by atoms with van der Waals surface area (Å²) >= 11 is 11.6. The zero-order chi connectivity index (χ0) is 18.6. The Hall–Kier alpha value is -1.98. The first kappa shape index (κ1) is 18.8. The highest BCUT2D eigenvalue weighted by Crippen LogP contribution is 2.41. The van der Waals surface area contributed by atoms with Gasteiger partial charge in [0.15, 0.2) is 16.6 Å². The van der Waals surface area contributed by atoms with Crippen LogP contribution >= 0.6 is 23.8 Å². The van der Waals surface area contributed by atoms with E-state index in [1.54, 1.807) is 14.2 Å². The van der Waals surface area contributed by atoms with Crippen LogP contribution in [-0.4, -0.2) is 19.3 Å². The maximum absolute atomic E-state index is 6.05. The van der Waals surface area contributed by atoms with Gasteiger partial charge in [0, 0.05) is 10.7 Å². The monoisotopic (exact) mass is 390 g/mol. The van der Waals surface area contributed by atoms with Crippen LogP contribution in [0, 0.1) is 0 Å². The molecule has 6 heteroatoms. The molecule has 0 unspecified atom stereocenters. The van der Waals surface area contributed by atoms with Gasteiger partial charge in [0.05, 0.1) is 19.8 Å². The lowest BCUT2D eigenvalue weighted by Crippen LogP contribution is -2.45. The molecule has 0 heterocycles. The van der Waals surface area contributed by atoms with Crippen molar-refractivity contribution in [2.24, 2.45) is 0 Å². The summed E-state index contributed by atoms with van der Waals surface area (Å²) < 4.78 is 10.8. The van der Waals surface area contributed by atoms with Gasteiger partial charge in [-0.3, -0.25) is 0 Å². The van der Waals surface area contributed by atoms with Gasteiger partial charge in [-0.2, -0.15) is 0 Å². The summed E-state index contributed by atoms with van der Waals surface area (Å²) in [6.07, 6.45) is 4.34. The van der Waals surface area contributed by atoms with Gasteiger partial charge in [-0.25, -0.2) is 0 Å². The molecule has 0 aliphatic heterocycles. The molecule has 2 aromatic carbocycles. The van der Waals surface area contributed by atoms with Crippen molar-refractivity contribution < 1.29 is 9.47 Å². The number of rotatable bonds is 5. The van der Waals surface area contributed by atoms with E-state index in [0.717, 1.165) is 48.4 Å². The van der Waals surface area contributed by atoms with Gasteiger partial charge in [0.2, 0.25) is 0 Å². The number of ether oxygens (including phenoxy) is 2. The molecule has 0 amide bonds. The topological polar surface area (TPSA) is 42.5 Å². The second-order valence-corrected chi connectivity index (χ2v) is 7.29. The minimum absolute atomic E-state index is 0.206. The van der Waals surface area contributed by atoms with Crippen molar-refractivity contribution in [3.8, 4) is 11.5 Å². The molecule has 2 N–H and O–H groups in total. The van der Waals surface area contributed by atoms with Crippen LogP contribution in [0.4, 0.5) is 5.69 Å². The van der Waals surface area contributed by atoms with Crippen molar-refractivity contribution in [1.82, 2.24) is 5.32 Å². The summed E-state index contributed by atoms with van der Waals surface area (Å²) in [6, 6.07) is 13.6. The average molecular weight is 391 g/mol. The number of methoxy groups -OCH3 is 2. The quantitative estimate of drug-likeness (QED) is 0.694. The number of halogens is 1. The molecule has 2 aromatic rings. The molecule has 0 atom stereocenters. The fraction of sp³-hybridized carbons (Fsp3) is 0.350. The van der Waals surface area contributed by atoms with E-state index in [-0.39, 0.29) is 5.54 Å². The molecule has 1 saturated carbocycles. The minimum atomic E-state index is -0.206. The first-order valence-corrected chi connectivity index (χ1v) is 9.42. The number of hydrogen-bond donors (Lipinski definition) is 2. The van der Waals surface area contributed by atoms with E-state index in [9.17, 15) is 0 Å². The molecule has 0 spiro atoms. The molecule has 0 radical (unpaired) electrons. The molecular formula is C20H23ClN2O2S. The summed E-state index contributed by atoms with van der Waals surface area (Å²) in [7, 11) is 3.30. The lowest BCUT2D eigenvalue weighted by molar-refractivity contribution is 0.350. The van der Waals surface area contributed by atoms with Crippen molar-refractivity contribution >= 4 is 34.6 Å². The zero-order valence-electron chi connectivity index (χ0n) is 15.0. The van der Waals surface area contributed by atoms with Crippen LogP contribution in [0.5, 0.6) is 11.5 Å². The van der Waals surface area contributed by atoms with Gasteiger partial charge >= 0.3 is 0 Å². The molecule has 1 fully saturated rings. The Balaban J connectivity index is 1.83. The van der Waals surface area contributed by atoms with Gasteiger partial charge in [-0.1, -0.05) is 36.6 Å². The number of hydrogen-bond acceptors (Lipinski definition) is 3. The lowest BCUT2D eigenvalue weighted by atomic mass is 9.88. The van der Waals surface area contributed by atoms with E-state index in [1.165, 1.54) is 0 Å². The maximum atomic E-state index is 6.05. The van der Waals surface area contributed by atoms with Crippen molar-refractivity contribution in [2.45, 2.75) is 31.2 Å². The molecule has 3 rings (SSSR count). The highest BCUT2D eigenvalue weighted by atomic mass is 35.5. The van der Waals surface area contributed by atoms with E-state index < -0.39 is 0 Å². The Morgan fingerprint density at radius 1 is 1.04 bits per heavy atom. The van der Waals surface area contributed by atoms with Gasteiger partial charge in [-0.05, 0) is 61.0 Å². The lowest BCUT2D eigenvalue weighted by Gasteiger charge is -2.33. The Kier molecular flexibility index (Phi) is 5.89. The highest BCUT2D eigenvalue weighted by molar-refractivity contribution is 7.80. The molecule has 138 valence electrons. The Morgan fingerprint density at radius 3 is 2.42 bits per heavy atom. The maximum Gasteiger partial charge on any atom is 0.171 e. The third-order valence-electron chi connectivity index (χ3n) is 4.83. The molecule has 1 aliphatic rings. The predicted octanol–water partition coefficient (Wildman–Crippen LogP) is 5.11. The van der Waals surface area contributed by atoms with Crippen molar-refractivity contribution in [3.05, 3.63) is 53.1 Å². The normalized spacial score (nSPS) is 15.3. The molecular weight excluding hydrogens is 368 g/mol. The number of anilines is 1. The standard InChI is InChI=1S/C20H23ClN2O2S/c1-24-17-9-8-14(12-18(17)25-2)20(10-3-4-11-20)23-19(26)22-16-7-5-6-15(21)13-16/h5-9,12-13H,3-4,10-11H2,1-2H3,(H2,22,23,26). The molecule has 0 aromatic heterocycles. The summed E-state index contributed by atoms with van der Waals surface area (Å²) in [5.41, 5.74) is 1.82. The van der Waals surface area contributed by atoms with Crippen LogP contribution in [0.25, 0.3) is 0 Å². The summed E-state index contributed by atoms with van der Waals surface area (Å²) in [6.45, 7) is 0. The third-order valence-corrected chi connectivity index (χ3v) is 5.27. The van der Waals surface area contributed by atoms with Crippen molar-refractivity contribution in [2.75, 3.05) is 19.5 Å². The van der Waals surface area contributed by atoms with E-state index in [1.807, 2.05) is 36.4 Å². The first-order chi connectivity index (χ1) is 12.6. The Morgan fingerprint density at radius 2 is 1.77 bits per heavy atom. The molecule has 1 aliphatic carbocycles. The van der Waals surface area contributed by atoms with Gasteiger partial charge < -0.3 is 20.1 Å². The van der Waals surface area contributed by atoms with Gasteiger partial charge in [0.1, 0.15) is 0 Å². The average Bonchev–Trinajstić information content (AvgIpc) is 3.10. The van der Waals surface area contributed by atoms with Crippen LogP contribution in [0.2, 0.25) is 5.02 Å². The Labute approximate surface area is 164 Å². The molecule has 26 heavy (non-hydrogen) atoms. The van der Waals surface area contributed by atoms with Crippen LogP contribution in [0.1, 0.15) is 31.2 Å². The number of benzene rings is 2. The summed E-state index contributed by atoms with van der Waals surface area (Å²) in [5, 5.41) is 8.04. The smallest absolute Gasteiger partial charge is 0.171 e. The number of thiocarbonyl (C=S) groups is 1. The Bertz CT molecular complexity index is 791. The van der Waals surface area contributed by atoms with E-state index in [4.69, 9.17) is 33.3 Å². The first-order valence-electron chi connectivity index (χ1n) is 8.63. The highest BCUT2D eigenvalue weighted by Gasteiger charge is 2.36. The largest absolute Gasteiger partial charge is 0.493 e. The molecule has 4 nitrogen and oxygen atoms in total. The van der Waals surface area contributed by atoms with E-state index in [0.29, 0.717) is 10.1 Å². The van der Waals surface area contributed by atoms with Crippen molar-refractivity contribution in [1.29, 1.82) is 0 Å². The van der Waals surface area contributed by atoms with Crippen LogP contribution in [0.15, 0.2) is 42.5 Å². The zero-order valence-corrected chi connectivity index (χ0v) is 16.5. The summed E-state index contributed by atoms with van der Waals surface area (Å²) in [4.78, 5) is 0.